The van der Waals surface area contributed by atoms with Gasteiger partial charge in [-0.25, -0.2) is 0 Å². The number of nitrogens with zero attached hydrogens (tertiary/aromatic N) is 1. The highest BCUT2D eigenvalue weighted by Crippen LogP contribution is 2.36. The molecule has 94 valence electrons. The van der Waals surface area contributed by atoms with Gasteiger partial charge >= 0.3 is 0 Å². The third-order valence-corrected chi connectivity index (χ3v) is 4.51. The maximum Gasteiger partial charge on any atom is 0.0514 e. The molecule has 3 unspecified atom stereocenters. The van der Waals surface area contributed by atoms with Gasteiger partial charge < -0.3 is 10.6 Å². The molecule has 0 aromatic heterocycles. The quantitative estimate of drug-likeness (QED) is 0.797. The maximum atomic E-state index is 5.80. The number of anilines is 2. The van der Waals surface area contributed by atoms with Crippen LogP contribution in [0.25, 0.3) is 0 Å². The largest absolute Gasteiger partial charge is 0.399 e. The molecule has 1 saturated heterocycles. The highest BCUT2D eigenvalue weighted by atomic mass is 79.9. The number of hydrogen-bond acceptors (Lipinski definition) is 2. The minimum absolute atomic E-state index is 0.589. The lowest BCUT2D eigenvalue weighted by Gasteiger charge is -2.43. The Balaban J connectivity index is 2.31. The van der Waals surface area contributed by atoms with E-state index in [4.69, 9.17) is 5.73 Å². The Kier molecular flexibility index (Phi) is 3.67. The molecule has 1 aromatic rings. The van der Waals surface area contributed by atoms with Gasteiger partial charge in [0.05, 0.1) is 5.69 Å². The van der Waals surface area contributed by atoms with Gasteiger partial charge in [-0.2, -0.15) is 0 Å². The maximum absolute atomic E-state index is 5.80. The van der Waals surface area contributed by atoms with Crippen molar-refractivity contribution in [2.75, 3.05) is 17.2 Å². The second kappa shape index (κ2) is 4.89. The molecular formula is C14H21BrN2. The van der Waals surface area contributed by atoms with E-state index in [1.54, 1.807) is 0 Å². The summed E-state index contributed by atoms with van der Waals surface area (Å²) in [6.07, 6.45) is 1.32. The summed E-state index contributed by atoms with van der Waals surface area (Å²) in [6, 6.07) is 6.69. The predicted molar refractivity (Wildman–Crippen MR) is 78.3 cm³/mol. The van der Waals surface area contributed by atoms with E-state index < -0.39 is 0 Å². The van der Waals surface area contributed by atoms with Gasteiger partial charge in [0.25, 0.3) is 0 Å². The number of piperidine rings is 1. The third-order valence-electron chi connectivity index (χ3n) is 3.88. The van der Waals surface area contributed by atoms with Crippen molar-refractivity contribution in [3.8, 4) is 0 Å². The van der Waals surface area contributed by atoms with Gasteiger partial charge in [-0.3, -0.25) is 0 Å². The van der Waals surface area contributed by atoms with E-state index in [0.29, 0.717) is 6.04 Å². The van der Waals surface area contributed by atoms with Crippen LogP contribution in [0.3, 0.4) is 0 Å². The first-order valence-electron chi connectivity index (χ1n) is 6.30. The highest BCUT2D eigenvalue weighted by molar-refractivity contribution is 9.10. The zero-order valence-corrected chi connectivity index (χ0v) is 12.4. The first-order chi connectivity index (χ1) is 7.99. The summed E-state index contributed by atoms with van der Waals surface area (Å²) in [7, 11) is 0. The number of nitrogens with two attached hydrogens (primary N) is 1. The van der Waals surface area contributed by atoms with Crippen LogP contribution in [0.1, 0.15) is 27.2 Å². The van der Waals surface area contributed by atoms with Crippen molar-refractivity contribution in [1.82, 2.24) is 0 Å². The lowest BCUT2D eigenvalue weighted by molar-refractivity contribution is 0.297. The fourth-order valence-electron chi connectivity index (χ4n) is 2.79. The van der Waals surface area contributed by atoms with Crippen LogP contribution < -0.4 is 10.6 Å². The van der Waals surface area contributed by atoms with E-state index in [1.807, 2.05) is 12.1 Å². The molecule has 17 heavy (non-hydrogen) atoms. The minimum atomic E-state index is 0.589. The smallest absolute Gasteiger partial charge is 0.0514 e. The molecule has 1 aromatic carbocycles. The lowest BCUT2D eigenvalue weighted by atomic mass is 9.85. The van der Waals surface area contributed by atoms with E-state index in [0.717, 1.165) is 28.5 Å². The zero-order chi connectivity index (χ0) is 12.6. The van der Waals surface area contributed by atoms with Crippen molar-refractivity contribution in [1.29, 1.82) is 0 Å². The molecule has 1 aliphatic rings. The van der Waals surface area contributed by atoms with E-state index in [9.17, 15) is 0 Å². The van der Waals surface area contributed by atoms with Crippen LogP contribution in [0.15, 0.2) is 22.7 Å². The second-order valence-corrected chi connectivity index (χ2v) is 6.28. The molecule has 0 amide bonds. The third kappa shape index (κ3) is 2.59. The van der Waals surface area contributed by atoms with Gasteiger partial charge in [-0.1, -0.05) is 13.8 Å². The Labute approximate surface area is 112 Å². The predicted octanol–water partition coefficient (Wildman–Crippen LogP) is 3.90. The number of hydrogen-bond donors (Lipinski definition) is 1. The van der Waals surface area contributed by atoms with Crippen LogP contribution in [0.2, 0.25) is 0 Å². The van der Waals surface area contributed by atoms with Crippen LogP contribution >= 0.6 is 15.9 Å². The van der Waals surface area contributed by atoms with Crippen LogP contribution in [-0.2, 0) is 0 Å². The summed E-state index contributed by atoms with van der Waals surface area (Å²) in [4.78, 5) is 2.50. The van der Waals surface area contributed by atoms with Crippen molar-refractivity contribution in [3.63, 3.8) is 0 Å². The summed E-state index contributed by atoms with van der Waals surface area (Å²) in [5.41, 5.74) is 7.88. The Hall–Kier alpha value is -0.700. The summed E-state index contributed by atoms with van der Waals surface area (Å²) in [5, 5.41) is 0. The number of halogens is 1. The molecule has 0 bridgehead atoms. The molecule has 1 aliphatic heterocycles. The Bertz CT molecular complexity index is 405. The molecule has 1 heterocycles. The first-order valence-corrected chi connectivity index (χ1v) is 7.10. The van der Waals surface area contributed by atoms with E-state index in [2.05, 4.69) is 47.7 Å². The van der Waals surface area contributed by atoms with Gasteiger partial charge in [0, 0.05) is 22.7 Å². The molecule has 3 heteroatoms. The van der Waals surface area contributed by atoms with Gasteiger partial charge in [0.1, 0.15) is 0 Å². The topological polar surface area (TPSA) is 29.3 Å². The van der Waals surface area contributed by atoms with Crippen molar-refractivity contribution in [2.24, 2.45) is 11.8 Å². The van der Waals surface area contributed by atoms with Crippen molar-refractivity contribution in [2.45, 2.75) is 33.2 Å². The standard InChI is InChI=1S/C14H21BrN2/c1-9-6-10(2)11(3)17(8-9)14-5-4-12(16)7-13(14)15/h4-5,7,9-11H,6,8,16H2,1-3H3. The molecule has 3 atom stereocenters. The van der Waals surface area contributed by atoms with Gasteiger partial charge in [0.15, 0.2) is 0 Å². The number of nitrogen functional groups attached to an aromatic ring is 1. The lowest BCUT2D eigenvalue weighted by Crippen LogP contribution is -2.46. The van der Waals surface area contributed by atoms with Gasteiger partial charge in [-0.15, -0.1) is 0 Å². The Morgan fingerprint density at radius 2 is 2.00 bits per heavy atom. The van der Waals surface area contributed by atoms with Crippen LogP contribution in [0.5, 0.6) is 0 Å². The number of benzene rings is 1. The summed E-state index contributed by atoms with van der Waals surface area (Å²) in [5.74, 6) is 1.49. The summed E-state index contributed by atoms with van der Waals surface area (Å²) in [6.45, 7) is 8.13. The zero-order valence-electron chi connectivity index (χ0n) is 10.8. The van der Waals surface area contributed by atoms with Crippen molar-refractivity contribution in [3.05, 3.63) is 22.7 Å². The normalized spacial score (nSPS) is 29.4. The van der Waals surface area contributed by atoms with Crippen LogP contribution in [0, 0.1) is 11.8 Å². The molecule has 1 fully saturated rings. The molecule has 0 spiro atoms. The molecule has 0 saturated carbocycles. The molecule has 0 aliphatic carbocycles. The Morgan fingerprint density at radius 3 is 2.65 bits per heavy atom. The van der Waals surface area contributed by atoms with Crippen molar-refractivity contribution >= 4 is 27.3 Å². The monoisotopic (exact) mass is 296 g/mol. The van der Waals surface area contributed by atoms with E-state index >= 15 is 0 Å². The first kappa shape index (κ1) is 12.7. The minimum Gasteiger partial charge on any atom is -0.399 e. The molecule has 2 nitrogen and oxygen atoms in total. The van der Waals surface area contributed by atoms with Gasteiger partial charge in [-0.05, 0) is 59.3 Å². The average molecular weight is 297 g/mol. The fraction of sp³-hybridized carbons (Fsp3) is 0.571. The average Bonchev–Trinajstić information content (AvgIpc) is 2.24. The van der Waals surface area contributed by atoms with E-state index in [-0.39, 0.29) is 0 Å². The van der Waals surface area contributed by atoms with Crippen LogP contribution in [0.4, 0.5) is 11.4 Å². The molecular weight excluding hydrogens is 276 g/mol. The Morgan fingerprint density at radius 1 is 1.29 bits per heavy atom. The molecule has 2 N–H and O–H groups in total. The second-order valence-electron chi connectivity index (χ2n) is 5.42. The van der Waals surface area contributed by atoms with Crippen LogP contribution in [-0.4, -0.2) is 12.6 Å². The molecule has 0 radical (unpaired) electrons. The fourth-order valence-corrected chi connectivity index (χ4v) is 3.41. The highest BCUT2D eigenvalue weighted by Gasteiger charge is 2.29. The molecule has 2 rings (SSSR count). The SMILES string of the molecule is CC1CC(C)C(C)N(c2ccc(N)cc2Br)C1. The van der Waals surface area contributed by atoms with Gasteiger partial charge in [0.2, 0.25) is 0 Å². The van der Waals surface area contributed by atoms with Crippen molar-refractivity contribution < 1.29 is 0 Å². The number of rotatable bonds is 1. The summed E-state index contributed by atoms with van der Waals surface area (Å²) < 4.78 is 1.10. The van der Waals surface area contributed by atoms with E-state index in [1.165, 1.54) is 12.1 Å². The summed E-state index contributed by atoms with van der Waals surface area (Å²) >= 11 is 3.63.